The highest BCUT2D eigenvalue weighted by atomic mass is 32.2. The van der Waals surface area contributed by atoms with Crippen molar-refractivity contribution in [1.29, 1.82) is 0 Å². The van der Waals surface area contributed by atoms with Gasteiger partial charge in [0.05, 0.1) is 6.61 Å². The smallest absolute Gasteiger partial charge is 0.226 e. The van der Waals surface area contributed by atoms with E-state index in [-0.39, 0.29) is 12.5 Å². The fourth-order valence-electron chi connectivity index (χ4n) is 2.54. The second-order valence-corrected chi connectivity index (χ2v) is 5.95. The number of carbonyl (C=O) groups is 1. The average Bonchev–Trinajstić information content (AvgIpc) is 2.76. The highest BCUT2D eigenvalue weighted by Gasteiger charge is 2.28. The predicted octanol–water partition coefficient (Wildman–Crippen LogP) is 0.266. The second kappa shape index (κ2) is 6.61. The van der Waals surface area contributed by atoms with Crippen molar-refractivity contribution in [2.24, 2.45) is 5.92 Å². The molecule has 2 saturated heterocycles. The third-order valence-electron chi connectivity index (χ3n) is 3.60. The van der Waals surface area contributed by atoms with Gasteiger partial charge >= 0.3 is 0 Å². The summed E-state index contributed by atoms with van der Waals surface area (Å²) in [6.45, 7) is 4.59. The van der Waals surface area contributed by atoms with E-state index in [9.17, 15) is 4.79 Å². The Kier molecular flexibility index (Phi) is 5.13. The maximum Gasteiger partial charge on any atom is 0.226 e. The lowest BCUT2D eigenvalue weighted by Crippen LogP contribution is -2.39. The molecule has 5 heteroatoms. The van der Waals surface area contributed by atoms with Gasteiger partial charge in [0.25, 0.3) is 0 Å². The van der Waals surface area contributed by atoms with Crippen molar-refractivity contribution in [2.45, 2.75) is 12.8 Å². The molecule has 1 atom stereocenters. The first-order valence-corrected chi connectivity index (χ1v) is 7.66. The molecule has 0 bridgehead atoms. The summed E-state index contributed by atoms with van der Waals surface area (Å²) < 4.78 is 0. The van der Waals surface area contributed by atoms with E-state index < -0.39 is 0 Å². The van der Waals surface area contributed by atoms with Crippen LogP contribution in [0.4, 0.5) is 0 Å². The van der Waals surface area contributed by atoms with E-state index in [0.29, 0.717) is 5.91 Å². The van der Waals surface area contributed by atoms with Crippen molar-refractivity contribution in [3.05, 3.63) is 0 Å². The van der Waals surface area contributed by atoms with Crippen LogP contribution in [0.15, 0.2) is 0 Å². The number of hydrogen-bond donors (Lipinski definition) is 1. The first-order valence-electron chi connectivity index (χ1n) is 6.51. The van der Waals surface area contributed by atoms with Crippen LogP contribution in [0.3, 0.4) is 0 Å². The molecule has 1 N–H and O–H groups in total. The third-order valence-corrected chi connectivity index (χ3v) is 4.76. The maximum absolute atomic E-state index is 12.3. The summed E-state index contributed by atoms with van der Waals surface area (Å²) in [5.41, 5.74) is 0. The molecule has 2 aliphatic rings. The lowest BCUT2D eigenvalue weighted by Gasteiger charge is -2.24. The van der Waals surface area contributed by atoms with Gasteiger partial charge in [-0.25, -0.2) is 0 Å². The molecular formula is C12H22N2O2S. The van der Waals surface area contributed by atoms with Crippen molar-refractivity contribution in [3.8, 4) is 0 Å². The van der Waals surface area contributed by atoms with Gasteiger partial charge in [-0.05, 0) is 25.1 Å². The maximum atomic E-state index is 12.3. The zero-order valence-electron chi connectivity index (χ0n) is 10.3. The SMILES string of the molecule is O=C(C1CCSC1)N1CCCN(CCO)CC1. The summed E-state index contributed by atoms with van der Waals surface area (Å²) >= 11 is 1.90. The summed E-state index contributed by atoms with van der Waals surface area (Å²) in [7, 11) is 0. The molecule has 0 aromatic carbocycles. The summed E-state index contributed by atoms with van der Waals surface area (Å²) in [5.74, 6) is 2.78. The lowest BCUT2D eigenvalue weighted by molar-refractivity contribution is -0.134. The predicted molar refractivity (Wildman–Crippen MR) is 70.2 cm³/mol. The first kappa shape index (κ1) is 13.2. The Morgan fingerprint density at radius 2 is 2.18 bits per heavy atom. The Hall–Kier alpha value is -0.260. The Morgan fingerprint density at radius 1 is 1.29 bits per heavy atom. The van der Waals surface area contributed by atoms with Crippen LogP contribution in [-0.2, 0) is 4.79 Å². The van der Waals surface area contributed by atoms with Crippen LogP contribution in [0.5, 0.6) is 0 Å². The van der Waals surface area contributed by atoms with E-state index in [2.05, 4.69) is 4.90 Å². The monoisotopic (exact) mass is 258 g/mol. The van der Waals surface area contributed by atoms with Crippen molar-refractivity contribution in [2.75, 3.05) is 50.8 Å². The standard InChI is InChI=1S/C12H22N2O2S/c15-8-7-13-3-1-4-14(6-5-13)12(16)11-2-9-17-10-11/h11,15H,1-10H2. The number of aliphatic hydroxyl groups excluding tert-OH is 1. The van der Waals surface area contributed by atoms with E-state index in [4.69, 9.17) is 5.11 Å². The number of carbonyl (C=O) groups excluding carboxylic acids is 1. The largest absolute Gasteiger partial charge is 0.395 e. The molecule has 0 aromatic heterocycles. The zero-order valence-corrected chi connectivity index (χ0v) is 11.1. The Balaban J connectivity index is 1.83. The fraction of sp³-hybridized carbons (Fsp3) is 0.917. The average molecular weight is 258 g/mol. The van der Waals surface area contributed by atoms with Crippen molar-refractivity contribution in [1.82, 2.24) is 9.80 Å². The molecular weight excluding hydrogens is 236 g/mol. The van der Waals surface area contributed by atoms with Gasteiger partial charge in [-0.2, -0.15) is 11.8 Å². The lowest BCUT2D eigenvalue weighted by atomic mass is 10.1. The molecule has 0 radical (unpaired) electrons. The van der Waals surface area contributed by atoms with Gasteiger partial charge in [-0.1, -0.05) is 0 Å². The van der Waals surface area contributed by atoms with Crippen LogP contribution in [0, 0.1) is 5.92 Å². The molecule has 0 aromatic rings. The molecule has 1 unspecified atom stereocenters. The summed E-state index contributed by atoms with van der Waals surface area (Å²) in [6, 6.07) is 0. The van der Waals surface area contributed by atoms with Gasteiger partial charge < -0.3 is 10.0 Å². The molecule has 2 aliphatic heterocycles. The van der Waals surface area contributed by atoms with Crippen molar-refractivity contribution >= 4 is 17.7 Å². The minimum absolute atomic E-state index is 0.215. The minimum atomic E-state index is 0.215. The van der Waals surface area contributed by atoms with Crippen LogP contribution < -0.4 is 0 Å². The van der Waals surface area contributed by atoms with Gasteiger partial charge in [0, 0.05) is 37.8 Å². The summed E-state index contributed by atoms with van der Waals surface area (Å²) in [4.78, 5) is 16.5. The van der Waals surface area contributed by atoms with Gasteiger partial charge in [-0.3, -0.25) is 9.69 Å². The molecule has 98 valence electrons. The number of amides is 1. The highest BCUT2D eigenvalue weighted by Crippen LogP contribution is 2.25. The van der Waals surface area contributed by atoms with Crippen LogP contribution in [0.25, 0.3) is 0 Å². The quantitative estimate of drug-likeness (QED) is 0.789. The van der Waals surface area contributed by atoms with Crippen molar-refractivity contribution in [3.63, 3.8) is 0 Å². The van der Waals surface area contributed by atoms with Crippen molar-refractivity contribution < 1.29 is 9.90 Å². The number of thioether (sulfide) groups is 1. The van der Waals surface area contributed by atoms with Gasteiger partial charge in [0.1, 0.15) is 0 Å². The third kappa shape index (κ3) is 3.60. The molecule has 2 rings (SSSR count). The van der Waals surface area contributed by atoms with Crippen LogP contribution in [0.1, 0.15) is 12.8 Å². The fourth-order valence-corrected chi connectivity index (χ4v) is 3.76. The topological polar surface area (TPSA) is 43.8 Å². The summed E-state index contributed by atoms with van der Waals surface area (Å²) in [5, 5.41) is 8.93. The Bertz CT molecular complexity index is 257. The Morgan fingerprint density at radius 3 is 2.88 bits per heavy atom. The molecule has 1 amide bonds. The first-order chi connectivity index (χ1) is 8.31. The number of β-amino-alcohol motifs (C(OH)–C–C–N with tert-alkyl or cyclic N) is 1. The van der Waals surface area contributed by atoms with E-state index >= 15 is 0 Å². The van der Waals surface area contributed by atoms with E-state index in [1.165, 1.54) is 0 Å². The highest BCUT2D eigenvalue weighted by molar-refractivity contribution is 7.99. The van der Waals surface area contributed by atoms with Crippen LogP contribution >= 0.6 is 11.8 Å². The number of nitrogens with zero attached hydrogens (tertiary/aromatic N) is 2. The molecule has 0 saturated carbocycles. The van der Waals surface area contributed by atoms with Gasteiger partial charge in [0.2, 0.25) is 5.91 Å². The van der Waals surface area contributed by atoms with Gasteiger partial charge in [0.15, 0.2) is 0 Å². The summed E-state index contributed by atoms with van der Waals surface area (Å²) in [6.07, 6.45) is 2.09. The molecule has 2 fully saturated rings. The normalized spacial score (nSPS) is 27.1. The minimum Gasteiger partial charge on any atom is -0.395 e. The van der Waals surface area contributed by atoms with Gasteiger partial charge in [-0.15, -0.1) is 0 Å². The Labute approximate surface area is 107 Å². The zero-order chi connectivity index (χ0) is 12.1. The van der Waals surface area contributed by atoms with Crippen LogP contribution in [0.2, 0.25) is 0 Å². The molecule has 0 spiro atoms. The van der Waals surface area contributed by atoms with Crippen LogP contribution in [-0.4, -0.2) is 71.6 Å². The number of aliphatic hydroxyl groups is 1. The van der Waals surface area contributed by atoms with E-state index in [1.54, 1.807) is 0 Å². The number of hydrogen-bond acceptors (Lipinski definition) is 4. The molecule has 2 heterocycles. The molecule has 0 aliphatic carbocycles. The molecule has 17 heavy (non-hydrogen) atoms. The second-order valence-electron chi connectivity index (χ2n) is 4.80. The number of rotatable bonds is 3. The van der Waals surface area contributed by atoms with E-state index in [0.717, 1.165) is 57.1 Å². The van der Waals surface area contributed by atoms with E-state index in [1.807, 2.05) is 16.7 Å². The molecule has 4 nitrogen and oxygen atoms in total.